The van der Waals surface area contributed by atoms with Crippen LogP contribution in [-0.4, -0.2) is 30.4 Å². The molecule has 2 aliphatic rings. The van der Waals surface area contributed by atoms with Crippen LogP contribution in [0.15, 0.2) is 85.0 Å². The zero-order valence-electron chi connectivity index (χ0n) is 22.5. The van der Waals surface area contributed by atoms with Gasteiger partial charge in [-0.05, 0) is 74.7 Å². The molecule has 5 atom stereocenters. The van der Waals surface area contributed by atoms with E-state index in [0.717, 1.165) is 38.0 Å². The summed E-state index contributed by atoms with van der Waals surface area (Å²) in [6.45, 7) is 3.32. The van der Waals surface area contributed by atoms with E-state index in [4.69, 9.17) is 0 Å². The summed E-state index contributed by atoms with van der Waals surface area (Å²) in [5, 5.41) is 13.6. The maximum Gasteiger partial charge on any atom is 0.219 e. The Hall–Kier alpha value is -2.59. The van der Waals surface area contributed by atoms with Crippen molar-refractivity contribution in [2.24, 2.45) is 23.7 Å². The van der Waals surface area contributed by atoms with Crippen molar-refractivity contribution in [1.29, 1.82) is 0 Å². The lowest BCUT2D eigenvalue weighted by molar-refractivity contribution is -0.121. The lowest BCUT2D eigenvalue weighted by Crippen LogP contribution is -2.36. The molecule has 2 aromatic carbocycles. The zero-order valence-corrected chi connectivity index (χ0v) is 22.5. The van der Waals surface area contributed by atoms with Crippen molar-refractivity contribution in [3.63, 3.8) is 0 Å². The second-order valence-electron chi connectivity index (χ2n) is 11.1. The van der Waals surface area contributed by atoms with Crippen molar-refractivity contribution < 1.29 is 9.90 Å². The SMILES string of the molecule is CCNC(=O)CCC/C=C\C[C@H]1[C@H]2CB(c3ccccc3)C[C@H](C2)[C@@H]1/C=C/[C@@H](O)CCc1ccccc1. The number of aryl methyl sites for hydroxylation is 1. The van der Waals surface area contributed by atoms with Gasteiger partial charge in [-0.25, -0.2) is 0 Å². The van der Waals surface area contributed by atoms with E-state index >= 15 is 0 Å². The number of rotatable bonds is 13. The second-order valence-corrected chi connectivity index (χ2v) is 11.1. The maximum atomic E-state index is 11.7. The Morgan fingerprint density at radius 1 is 1.05 bits per heavy atom. The number of aliphatic hydroxyl groups is 1. The molecular formula is C33H44BNO2. The van der Waals surface area contributed by atoms with Crippen molar-refractivity contribution in [3.05, 3.63) is 90.5 Å². The molecule has 4 rings (SSSR count). The summed E-state index contributed by atoms with van der Waals surface area (Å²) in [6, 6.07) is 21.5. The lowest BCUT2D eigenvalue weighted by atomic mass is 9.35. The molecule has 0 radical (unpaired) electrons. The summed E-state index contributed by atoms with van der Waals surface area (Å²) in [5.74, 6) is 2.75. The summed E-state index contributed by atoms with van der Waals surface area (Å²) in [5.41, 5.74) is 2.77. The lowest BCUT2D eigenvalue weighted by Gasteiger charge is -2.27. The molecule has 1 aliphatic heterocycles. The number of hydrogen-bond donors (Lipinski definition) is 2. The number of allylic oxidation sites excluding steroid dienone is 3. The van der Waals surface area contributed by atoms with Gasteiger partial charge in [0.1, 0.15) is 0 Å². The van der Waals surface area contributed by atoms with E-state index in [-0.39, 0.29) is 5.91 Å². The van der Waals surface area contributed by atoms with Crippen LogP contribution in [0.5, 0.6) is 0 Å². The number of nitrogens with one attached hydrogen (secondary N) is 1. The first kappa shape index (κ1) is 27.4. The van der Waals surface area contributed by atoms with Gasteiger partial charge in [-0.3, -0.25) is 4.79 Å². The number of aliphatic hydroxyl groups excluding tert-OH is 1. The Morgan fingerprint density at radius 3 is 2.54 bits per heavy atom. The molecule has 2 bridgehead atoms. The molecule has 1 saturated heterocycles. The normalized spacial score (nSPS) is 24.1. The molecule has 1 aliphatic carbocycles. The Labute approximate surface area is 224 Å². The Balaban J connectivity index is 1.37. The molecule has 0 unspecified atom stereocenters. The van der Waals surface area contributed by atoms with E-state index in [0.29, 0.717) is 37.4 Å². The highest BCUT2D eigenvalue weighted by atomic mass is 16.3. The number of hydrogen-bond acceptors (Lipinski definition) is 2. The van der Waals surface area contributed by atoms with E-state index in [1.54, 1.807) is 0 Å². The van der Waals surface area contributed by atoms with Crippen LogP contribution in [0.1, 0.15) is 51.0 Å². The van der Waals surface area contributed by atoms with Gasteiger partial charge in [0.2, 0.25) is 5.91 Å². The molecule has 196 valence electrons. The zero-order chi connectivity index (χ0) is 25.9. The molecule has 2 aromatic rings. The van der Waals surface area contributed by atoms with Crippen molar-refractivity contribution in [2.75, 3.05) is 6.54 Å². The Kier molecular flexibility index (Phi) is 10.7. The number of amides is 1. The first-order valence-corrected chi connectivity index (χ1v) is 14.5. The minimum atomic E-state index is -0.393. The number of carbonyl (C=O) groups is 1. The monoisotopic (exact) mass is 497 g/mol. The van der Waals surface area contributed by atoms with Gasteiger partial charge in [-0.15, -0.1) is 0 Å². The van der Waals surface area contributed by atoms with E-state index in [1.807, 2.05) is 13.0 Å². The van der Waals surface area contributed by atoms with Crippen molar-refractivity contribution in [3.8, 4) is 0 Å². The topological polar surface area (TPSA) is 49.3 Å². The predicted octanol–water partition coefficient (Wildman–Crippen LogP) is 6.07. The summed E-state index contributed by atoms with van der Waals surface area (Å²) in [6.07, 6.45) is 17.8. The average Bonchev–Trinajstić information content (AvgIpc) is 3.17. The van der Waals surface area contributed by atoms with Gasteiger partial charge in [0, 0.05) is 13.0 Å². The molecule has 3 nitrogen and oxygen atoms in total. The third-order valence-corrected chi connectivity index (χ3v) is 8.55. The first-order valence-electron chi connectivity index (χ1n) is 14.5. The van der Waals surface area contributed by atoms with Gasteiger partial charge in [-0.2, -0.15) is 0 Å². The van der Waals surface area contributed by atoms with Gasteiger partial charge in [-0.1, -0.05) is 103 Å². The Bertz CT molecular complexity index is 1010. The quantitative estimate of drug-likeness (QED) is 0.200. The fourth-order valence-electron chi connectivity index (χ4n) is 6.73. The van der Waals surface area contributed by atoms with E-state index in [1.165, 1.54) is 30.1 Å². The van der Waals surface area contributed by atoms with Gasteiger partial charge in [0.05, 0.1) is 6.10 Å². The molecular weight excluding hydrogens is 453 g/mol. The van der Waals surface area contributed by atoms with Crippen LogP contribution in [0.4, 0.5) is 0 Å². The van der Waals surface area contributed by atoms with Crippen molar-refractivity contribution in [1.82, 2.24) is 5.32 Å². The average molecular weight is 498 g/mol. The molecule has 2 N–H and O–H groups in total. The van der Waals surface area contributed by atoms with Crippen LogP contribution in [0.25, 0.3) is 0 Å². The van der Waals surface area contributed by atoms with Crippen LogP contribution < -0.4 is 10.8 Å². The van der Waals surface area contributed by atoms with Gasteiger partial charge in [0.25, 0.3) is 0 Å². The number of benzene rings is 2. The molecule has 1 heterocycles. The predicted molar refractivity (Wildman–Crippen MR) is 156 cm³/mol. The first-order chi connectivity index (χ1) is 18.1. The number of fused-ring (bicyclic) bond motifs is 2. The molecule has 1 saturated carbocycles. The molecule has 4 heteroatoms. The van der Waals surface area contributed by atoms with Gasteiger partial charge in [0.15, 0.2) is 6.71 Å². The summed E-state index contributed by atoms with van der Waals surface area (Å²) < 4.78 is 0. The highest BCUT2D eigenvalue weighted by molar-refractivity contribution is 6.73. The van der Waals surface area contributed by atoms with E-state index < -0.39 is 6.10 Å². The molecule has 1 amide bonds. The van der Waals surface area contributed by atoms with Crippen LogP contribution in [0.3, 0.4) is 0 Å². The molecule has 0 spiro atoms. The maximum absolute atomic E-state index is 11.7. The van der Waals surface area contributed by atoms with Crippen molar-refractivity contribution >= 4 is 18.1 Å². The highest BCUT2D eigenvalue weighted by Crippen LogP contribution is 2.52. The Morgan fingerprint density at radius 2 is 1.78 bits per heavy atom. The van der Waals surface area contributed by atoms with Crippen LogP contribution in [0, 0.1) is 23.7 Å². The van der Waals surface area contributed by atoms with Gasteiger partial charge >= 0.3 is 0 Å². The minimum Gasteiger partial charge on any atom is -0.389 e. The highest BCUT2D eigenvalue weighted by Gasteiger charge is 2.47. The number of unbranched alkanes of at least 4 members (excludes halogenated alkanes) is 1. The van der Waals surface area contributed by atoms with E-state index in [9.17, 15) is 9.90 Å². The summed E-state index contributed by atoms with van der Waals surface area (Å²) >= 11 is 0. The third kappa shape index (κ3) is 8.20. The molecule has 0 aromatic heterocycles. The molecule has 37 heavy (non-hydrogen) atoms. The fraction of sp³-hybridized carbons (Fsp3) is 0.485. The second kappa shape index (κ2) is 14.4. The standard InChI is InChI=1S/C33H44BNO2/c1-2-35-33(37)18-12-4-3-11-17-31-27-23-28(25-34(24-27)29-15-9-6-10-16-29)32(31)22-21-30(36)20-19-26-13-7-5-8-14-26/h3,5-11,13-16,21-22,27-28,30-32,36H,2,4,12,17-20,23-25H2,1H3,(H,35,37)/b11-3-,22-21+/t27-,28+,30+,31+,32+/m1/s1. The smallest absolute Gasteiger partial charge is 0.219 e. The molecule has 2 fully saturated rings. The fourth-order valence-corrected chi connectivity index (χ4v) is 6.73. The summed E-state index contributed by atoms with van der Waals surface area (Å²) in [4.78, 5) is 11.7. The minimum absolute atomic E-state index is 0.156. The van der Waals surface area contributed by atoms with Crippen LogP contribution >= 0.6 is 0 Å². The summed E-state index contributed by atoms with van der Waals surface area (Å²) in [7, 11) is 0. The van der Waals surface area contributed by atoms with E-state index in [2.05, 4.69) is 84.2 Å². The van der Waals surface area contributed by atoms with Gasteiger partial charge < -0.3 is 10.4 Å². The van der Waals surface area contributed by atoms with Crippen LogP contribution in [0.2, 0.25) is 12.6 Å². The largest absolute Gasteiger partial charge is 0.389 e. The third-order valence-electron chi connectivity index (χ3n) is 8.55. The van der Waals surface area contributed by atoms with Crippen molar-refractivity contribution in [2.45, 2.75) is 70.6 Å². The number of carbonyl (C=O) groups excluding carboxylic acids is 1. The van der Waals surface area contributed by atoms with Crippen LogP contribution in [-0.2, 0) is 11.2 Å².